The van der Waals surface area contributed by atoms with E-state index >= 15 is 0 Å². The van der Waals surface area contributed by atoms with Gasteiger partial charge < -0.3 is 5.32 Å². The monoisotopic (exact) mass is 385 g/mol. The van der Waals surface area contributed by atoms with Crippen LogP contribution in [0, 0.1) is 6.92 Å². The largest absolute Gasteiger partial charge is 0.316 e. The van der Waals surface area contributed by atoms with Crippen LogP contribution >= 0.6 is 33.9 Å². The van der Waals surface area contributed by atoms with Gasteiger partial charge in [0.05, 0.1) is 9.99 Å². The van der Waals surface area contributed by atoms with Crippen LogP contribution in [0.5, 0.6) is 0 Å². The van der Waals surface area contributed by atoms with Gasteiger partial charge in [-0.15, -0.1) is 11.3 Å². The number of benzene rings is 1. The number of anilines is 1. The van der Waals surface area contributed by atoms with Gasteiger partial charge in [0.2, 0.25) is 5.91 Å². The molecule has 0 saturated heterocycles. The Morgan fingerprint density at radius 2 is 1.95 bits per heavy atom. The van der Waals surface area contributed by atoms with E-state index in [9.17, 15) is 9.59 Å². The van der Waals surface area contributed by atoms with Gasteiger partial charge in [-0.2, -0.15) is 0 Å². The van der Waals surface area contributed by atoms with Crippen LogP contribution in [-0.2, 0) is 4.79 Å². The minimum atomic E-state index is -0.0930. The first kappa shape index (κ1) is 14.2. The number of aryl methyl sites for hydroxylation is 1. The summed E-state index contributed by atoms with van der Waals surface area (Å²) in [6.45, 7) is 1.88. The number of alkyl halides is 1. The van der Waals surface area contributed by atoms with Crippen LogP contribution in [-0.4, -0.2) is 16.1 Å². The first-order valence-corrected chi connectivity index (χ1v) is 8.07. The Kier molecular flexibility index (Phi) is 4.71. The normalized spacial score (nSPS) is 10.2. The molecule has 1 heterocycles. The Bertz CT molecular complexity index is 607. The lowest BCUT2D eigenvalue weighted by Crippen LogP contribution is -2.14. The van der Waals surface area contributed by atoms with Gasteiger partial charge in [0.1, 0.15) is 5.00 Å². The first-order valence-electron chi connectivity index (χ1n) is 5.67. The molecule has 1 amide bonds. The Hall–Kier alpha value is -1.21. The van der Waals surface area contributed by atoms with Crippen LogP contribution in [0.4, 0.5) is 5.00 Å². The second-order valence-corrected chi connectivity index (χ2v) is 5.64. The van der Waals surface area contributed by atoms with E-state index in [4.69, 9.17) is 0 Å². The van der Waals surface area contributed by atoms with E-state index in [0.29, 0.717) is 20.6 Å². The summed E-state index contributed by atoms with van der Waals surface area (Å²) in [5.41, 5.74) is 2.12. The molecular formula is C14H12INO2S. The average molecular weight is 385 g/mol. The number of nitrogens with one attached hydrogen (secondary N) is 1. The molecule has 0 radical (unpaired) electrons. The van der Waals surface area contributed by atoms with Crippen LogP contribution in [0.25, 0.3) is 0 Å². The molecule has 0 fully saturated rings. The smallest absolute Gasteiger partial charge is 0.234 e. The van der Waals surface area contributed by atoms with E-state index in [1.165, 1.54) is 11.3 Å². The van der Waals surface area contributed by atoms with Crippen molar-refractivity contribution < 1.29 is 9.59 Å². The SMILES string of the molecule is Cc1csc(NC(=O)CI)c1C(=O)c1ccccc1. The molecule has 1 aromatic heterocycles. The summed E-state index contributed by atoms with van der Waals surface area (Å²) in [5.74, 6) is -0.146. The standard InChI is InChI=1S/C14H12INO2S/c1-9-8-19-14(16-11(17)7-15)12(9)13(18)10-5-3-2-4-6-10/h2-6,8H,7H2,1H3,(H,16,17). The molecule has 0 atom stereocenters. The van der Waals surface area contributed by atoms with E-state index in [0.717, 1.165) is 5.56 Å². The van der Waals surface area contributed by atoms with Crippen LogP contribution < -0.4 is 5.32 Å². The molecule has 0 bridgehead atoms. The van der Waals surface area contributed by atoms with Crippen molar-refractivity contribution in [3.05, 3.63) is 52.4 Å². The van der Waals surface area contributed by atoms with Gasteiger partial charge in [-0.1, -0.05) is 52.9 Å². The zero-order chi connectivity index (χ0) is 13.8. The predicted molar refractivity (Wildman–Crippen MR) is 86.4 cm³/mol. The maximum absolute atomic E-state index is 12.5. The van der Waals surface area contributed by atoms with Crippen molar-refractivity contribution in [3.63, 3.8) is 0 Å². The molecule has 2 rings (SSSR count). The fraction of sp³-hybridized carbons (Fsp3) is 0.143. The average Bonchev–Trinajstić information content (AvgIpc) is 2.79. The molecule has 0 spiro atoms. The maximum atomic E-state index is 12.5. The summed E-state index contributed by atoms with van der Waals surface area (Å²) in [7, 11) is 0. The lowest BCUT2D eigenvalue weighted by Gasteiger charge is -2.06. The topological polar surface area (TPSA) is 46.2 Å². The molecule has 2 aromatic rings. The summed E-state index contributed by atoms with van der Waals surface area (Å²) in [5, 5.41) is 5.30. The number of thiophene rings is 1. The Morgan fingerprint density at radius 1 is 1.26 bits per heavy atom. The Balaban J connectivity index is 2.37. The zero-order valence-electron chi connectivity index (χ0n) is 10.3. The third-order valence-corrected chi connectivity index (χ3v) is 4.32. The number of carbonyl (C=O) groups is 2. The van der Waals surface area contributed by atoms with E-state index in [-0.39, 0.29) is 11.7 Å². The molecule has 0 unspecified atom stereocenters. The Labute approximate surface area is 129 Å². The molecule has 1 N–H and O–H groups in total. The molecule has 3 nitrogen and oxygen atoms in total. The number of hydrogen-bond acceptors (Lipinski definition) is 3. The number of rotatable bonds is 4. The second-order valence-electron chi connectivity index (χ2n) is 4.00. The van der Waals surface area contributed by atoms with E-state index in [1.54, 1.807) is 12.1 Å². The summed E-state index contributed by atoms with van der Waals surface area (Å²) in [6.07, 6.45) is 0. The molecule has 0 aliphatic heterocycles. The number of halogens is 1. The highest BCUT2D eigenvalue weighted by atomic mass is 127. The Morgan fingerprint density at radius 3 is 2.58 bits per heavy atom. The van der Waals surface area contributed by atoms with Crippen LogP contribution in [0.15, 0.2) is 35.7 Å². The van der Waals surface area contributed by atoms with Gasteiger partial charge in [0, 0.05) is 5.56 Å². The van der Waals surface area contributed by atoms with Gasteiger partial charge in [0.15, 0.2) is 5.78 Å². The van der Waals surface area contributed by atoms with Crippen molar-refractivity contribution in [1.29, 1.82) is 0 Å². The van der Waals surface area contributed by atoms with Crippen LogP contribution in [0.1, 0.15) is 21.5 Å². The number of amides is 1. The van der Waals surface area contributed by atoms with E-state index in [2.05, 4.69) is 5.32 Å². The molecule has 0 aliphatic rings. The highest BCUT2D eigenvalue weighted by Gasteiger charge is 2.19. The van der Waals surface area contributed by atoms with Crippen LogP contribution in [0.2, 0.25) is 0 Å². The number of ketones is 1. The molecule has 1 aromatic carbocycles. The molecule has 0 saturated carbocycles. The minimum Gasteiger partial charge on any atom is -0.316 e. The number of hydrogen-bond donors (Lipinski definition) is 1. The van der Waals surface area contributed by atoms with Crippen molar-refractivity contribution in [2.45, 2.75) is 6.92 Å². The highest BCUT2D eigenvalue weighted by molar-refractivity contribution is 14.1. The molecular weight excluding hydrogens is 373 g/mol. The van der Waals surface area contributed by atoms with Gasteiger partial charge in [-0.25, -0.2) is 0 Å². The number of carbonyl (C=O) groups excluding carboxylic acids is 2. The summed E-state index contributed by atoms with van der Waals surface area (Å²) < 4.78 is 0.369. The fourth-order valence-corrected chi connectivity index (χ4v) is 2.86. The summed E-state index contributed by atoms with van der Waals surface area (Å²) >= 11 is 3.38. The van der Waals surface area contributed by atoms with Gasteiger partial charge >= 0.3 is 0 Å². The fourth-order valence-electron chi connectivity index (χ4n) is 1.71. The quantitative estimate of drug-likeness (QED) is 0.496. The predicted octanol–water partition coefficient (Wildman–Crippen LogP) is 3.66. The highest BCUT2D eigenvalue weighted by Crippen LogP contribution is 2.30. The summed E-state index contributed by atoms with van der Waals surface area (Å²) in [6, 6.07) is 9.10. The van der Waals surface area contributed by atoms with Gasteiger partial charge in [-0.05, 0) is 17.9 Å². The molecule has 98 valence electrons. The van der Waals surface area contributed by atoms with E-state index in [1.807, 2.05) is 53.1 Å². The van der Waals surface area contributed by atoms with Gasteiger partial charge in [0.25, 0.3) is 0 Å². The third-order valence-electron chi connectivity index (χ3n) is 2.61. The van der Waals surface area contributed by atoms with Gasteiger partial charge in [-0.3, -0.25) is 9.59 Å². The maximum Gasteiger partial charge on any atom is 0.234 e. The molecule has 19 heavy (non-hydrogen) atoms. The zero-order valence-corrected chi connectivity index (χ0v) is 13.2. The van der Waals surface area contributed by atoms with Crippen molar-refractivity contribution >= 4 is 50.6 Å². The third kappa shape index (κ3) is 3.22. The molecule has 0 aliphatic carbocycles. The lowest BCUT2D eigenvalue weighted by molar-refractivity contribution is -0.113. The van der Waals surface area contributed by atoms with Crippen molar-refractivity contribution in [2.75, 3.05) is 9.74 Å². The van der Waals surface area contributed by atoms with Crippen molar-refractivity contribution in [3.8, 4) is 0 Å². The minimum absolute atomic E-state index is 0.0527. The van der Waals surface area contributed by atoms with E-state index < -0.39 is 0 Å². The van der Waals surface area contributed by atoms with Crippen LogP contribution in [0.3, 0.4) is 0 Å². The first-order chi connectivity index (χ1) is 9.13. The lowest BCUT2D eigenvalue weighted by atomic mass is 10.0. The summed E-state index contributed by atoms with van der Waals surface area (Å²) in [4.78, 5) is 24.0. The second kappa shape index (κ2) is 6.29. The van der Waals surface area contributed by atoms with Crippen molar-refractivity contribution in [1.82, 2.24) is 0 Å². The molecule has 5 heteroatoms. The van der Waals surface area contributed by atoms with Crippen molar-refractivity contribution in [2.24, 2.45) is 0 Å².